The number of aromatic nitrogens is 3. The molecule has 2 saturated heterocycles. The fourth-order valence-corrected chi connectivity index (χ4v) is 5.66. The van der Waals surface area contributed by atoms with E-state index >= 15 is 0 Å². The van der Waals surface area contributed by atoms with Crippen molar-refractivity contribution < 1.29 is 9.18 Å². The van der Waals surface area contributed by atoms with E-state index in [1.54, 1.807) is 18.2 Å². The summed E-state index contributed by atoms with van der Waals surface area (Å²) in [6.07, 6.45) is 0. The summed E-state index contributed by atoms with van der Waals surface area (Å²) >= 11 is 1.37. The molecule has 2 atom stereocenters. The Kier molecular flexibility index (Phi) is 4.97. The molecule has 1 aromatic carbocycles. The number of carbonyl (C=O) groups excluding carboxylic acids is 1. The van der Waals surface area contributed by atoms with Crippen LogP contribution in [0.5, 0.6) is 0 Å². The number of likely N-dealkylation sites (tertiary alicyclic amines) is 1. The summed E-state index contributed by atoms with van der Waals surface area (Å²) in [5.74, 6) is 1.10. The molecule has 31 heavy (non-hydrogen) atoms. The van der Waals surface area contributed by atoms with E-state index in [0.717, 1.165) is 35.4 Å². The third kappa shape index (κ3) is 3.69. The first-order valence-corrected chi connectivity index (χ1v) is 11.3. The van der Waals surface area contributed by atoms with Gasteiger partial charge in [-0.15, -0.1) is 11.3 Å². The highest BCUT2D eigenvalue weighted by atomic mass is 32.1. The van der Waals surface area contributed by atoms with E-state index in [1.165, 1.54) is 17.4 Å². The molecule has 2 aromatic heterocycles. The molecule has 3 aromatic rings. The monoisotopic (exact) mass is 437 g/mol. The standard InChI is InChI=1S/C23H24FN5OS/c1-13-8-14(2)26-23(25-13)29-11-16-9-28(10-17(16)12-29)22(30)20-21(31-15(3)27-20)18-6-4-5-7-19(18)24/h4-8,16-17H,9-12H2,1-3H3. The fourth-order valence-electron chi connectivity index (χ4n) is 4.72. The summed E-state index contributed by atoms with van der Waals surface area (Å²) < 4.78 is 14.4. The lowest BCUT2D eigenvalue weighted by Gasteiger charge is -2.22. The number of hydrogen-bond donors (Lipinski definition) is 0. The van der Waals surface area contributed by atoms with Gasteiger partial charge in [0, 0.05) is 55.0 Å². The highest BCUT2D eigenvalue weighted by Crippen LogP contribution is 2.36. The van der Waals surface area contributed by atoms with Gasteiger partial charge in [-0.2, -0.15) is 0 Å². The minimum absolute atomic E-state index is 0.105. The maximum atomic E-state index is 14.4. The third-order valence-corrected chi connectivity index (χ3v) is 7.09. The van der Waals surface area contributed by atoms with Gasteiger partial charge in [0.15, 0.2) is 0 Å². The Bertz CT molecular complexity index is 1130. The van der Waals surface area contributed by atoms with Crippen molar-refractivity contribution in [1.82, 2.24) is 19.9 Å². The molecule has 0 aliphatic carbocycles. The summed E-state index contributed by atoms with van der Waals surface area (Å²) in [5, 5.41) is 0.763. The van der Waals surface area contributed by atoms with E-state index in [9.17, 15) is 9.18 Å². The molecule has 4 heterocycles. The minimum Gasteiger partial charge on any atom is -0.340 e. The van der Waals surface area contributed by atoms with Crippen LogP contribution in [0.15, 0.2) is 30.3 Å². The van der Waals surface area contributed by atoms with Gasteiger partial charge in [-0.1, -0.05) is 18.2 Å². The number of fused-ring (bicyclic) bond motifs is 1. The first kappa shape index (κ1) is 20.1. The second-order valence-electron chi connectivity index (χ2n) is 8.48. The molecule has 2 aliphatic rings. The molecule has 0 bridgehead atoms. The van der Waals surface area contributed by atoms with Crippen molar-refractivity contribution in [3.8, 4) is 10.4 Å². The number of halogens is 1. The van der Waals surface area contributed by atoms with Gasteiger partial charge >= 0.3 is 0 Å². The Balaban J connectivity index is 1.34. The lowest BCUT2D eigenvalue weighted by molar-refractivity contribution is 0.0778. The van der Waals surface area contributed by atoms with Crippen molar-refractivity contribution in [3.05, 3.63) is 58.2 Å². The predicted octanol–water partition coefficient (Wildman–Crippen LogP) is 3.87. The smallest absolute Gasteiger partial charge is 0.274 e. The largest absolute Gasteiger partial charge is 0.340 e. The molecule has 0 spiro atoms. The summed E-state index contributed by atoms with van der Waals surface area (Å²) in [4.78, 5) is 31.7. The lowest BCUT2D eigenvalue weighted by atomic mass is 10.0. The van der Waals surface area contributed by atoms with E-state index in [4.69, 9.17) is 0 Å². The van der Waals surface area contributed by atoms with Crippen LogP contribution < -0.4 is 4.90 Å². The maximum Gasteiger partial charge on any atom is 0.274 e. The van der Waals surface area contributed by atoms with Crippen molar-refractivity contribution >= 4 is 23.2 Å². The number of benzene rings is 1. The van der Waals surface area contributed by atoms with Gasteiger partial charge in [-0.05, 0) is 32.9 Å². The highest BCUT2D eigenvalue weighted by molar-refractivity contribution is 7.15. The van der Waals surface area contributed by atoms with Crippen LogP contribution in [0.25, 0.3) is 10.4 Å². The molecule has 160 valence electrons. The number of aryl methyl sites for hydroxylation is 3. The van der Waals surface area contributed by atoms with Crippen molar-refractivity contribution in [2.24, 2.45) is 11.8 Å². The zero-order valence-corrected chi connectivity index (χ0v) is 18.6. The van der Waals surface area contributed by atoms with Crippen LogP contribution in [-0.4, -0.2) is 51.9 Å². The van der Waals surface area contributed by atoms with Gasteiger partial charge in [-0.25, -0.2) is 19.3 Å². The number of nitrogens with zero attached hydrogens (tertiary/aromatic N) is 5. The highest BCUT2D eigenvalue weighted by Gasteiger charge is 2.43. The average Bonchev–Trinajstić information content (AvgIpc) is 3.40. The molecule has 2 aliphatic heterocycles. The van der Waals surface area contributed by atoms with Crippen LogP contribution in [0.3, 0.4) is 0 Å². The van der Waals surface area contributed by atoms with E-state index in [-0.39, 0.29) is 11.7 Å². The van der Waals surface area contributed by atoms with E-state index in [0.29, 0.717) is 41.1 Å². The van der Waals surface area contributed by atoms with Crippen LogP contribution in [-0.2, 0) is 0 Å². The number of amides is 1. The van der Waals surface area contributed by atoms with Crippen molar-refractivity contribution in [2.75, 3.05) is 31.1 Å². The van der Waals surface area contributed by atoms with Crippen LogP contribution >= 0.6 is 11.3 Å². The summed E-state index contributed by atoms with van der Waals surface area (Å²) in [5.41, 5.74) is 2.74. The van der Waals surface area contributed by atoms with Gasteiger partial charge in [0.25, 0.3) is 5.91 Å². The van der Waals surface area contributed by atoms with Gasteiger partial charge in [-0.3, -0.25) is 4.79 Å². The first-order valence-electron chi connectivity index (χ1n) is 10.5. The number of anilines is 1. The van der Waals surface area contributed by atoms with Gasteiger partial charge in [0.1, 0.15) is 11.5 Å². The second-order valence-corrected chi connectivity index (χ2v) is 9.68. The Morgan fingerprint density at radius 2 is 1.65 bits per heavy atom. The van der Waals surface area contributed by atoms with Crippen LogP contribution in [0, 0.1) is 38.4 Å². The molecule has 0 radical (unpaired) electrons. The number of thiazole rings is 1. The van der Waals surface area contributed by atoms with Crippen LogP contribution in [0.1, 0.15) is 26.9 Å². The molecule has 6 nitrogen and oxygen atoms in total. The molecule has 2 fully saturated rings. The van der Waals surface area contributed by atoms with E-state index < -0.39 is 0 Å². The average molecular weight is 438 g/mol. The SMILES string of the molecule is Cc1cc(C)nc(N2CC3CN(C(=O)c4nc(C)sc4-c4ccccc4F)CC3C2)n1. The lowest BCUT2D eigenvalue weighted by Crippen LogP contribution is -2.34. The van der Waals surface area contributed by atoms with Crippen molar-refractivity contribution in [3.63, 3.8) is 0 Å². The topological polar surface area (TPSA) is 62.2 Å². The Labute approximate surface area is 184 Å². The molecule has 1 amide bonds. The third-order valence-electron chi connectivity index (χ3n) is 6.08. The Morgan fingerprint density at radius 1 is 1.00 bits per heavy atom. The van der Waals surface area contributed by atoms with E-state index in [2.05, 4.69) is 19.9 Å². The summed E-state index contributed by atoms with van der Waals surface area (Å²) in [6.45, 7) is 8.86. The summed E-state index contributed by atoms with van der Waals surface area (Å²) in [7, 11) is 0. The van der Waals surface area contributed by atoms with Crippen LogP contribution in [0.4, 0.5) is 10.3 Å². The quantitative estimate of drug-likeness (QED) is 0.622. The molecule has 5 rings (SSSR count). The predicted molar refractivity (Wildman–Crippen MR) is 119 cm³/mol. The zero-order chi connectivity index (χ0) is 21.7. The second kappa shape index (κ2) is 7.67. The van der Waals surface area contributed by atoms with Gasteiger partial charge < -0.3 is 9.80 Å². The molecular weight excluding hydrogens is 413 g/mol. The molecule has 8 heteroatoms. The normalized spacial score (nSPS) is 20.4. The van der Waals surface area contributed by atoms with Crippen molar-refractivity contribution in [2.45, 2.75) is 20.8 Å². The van der Waals surface area contributed by atoms with Crippen LogP contribution in [0.2, 0.25) is 0 Å². The fraction of sp³-hybridized carbons (Fsp3) is 0.391. The Hall–Kier alpha value is -2.87. The van der Waals surface area contributed by atoms with Crippen molar-refractivity contribution in [1.29, 1.82) is 0 Å². The Morgan fingerprint density at radius 3 is 2.29 bits per heavy atom. The molecule has 0 saturated carbocycles. The molecular formula is C23H24FN5OS. The van der Waals surface area contributed by atoms with E-state index in [1.807, 2.05) is 31.7 Å². The maximum absolute atomic E-state index is 14.4. The number of hydrogen-bond acceptors (Lipinski definition) is 6. The summed E-state index contributed by atoms with van der Waals surface area (Å²) in [6, 6.07) is 8.54. The van der Waals surface area contributed by atoms with Gasteiger partial charge in [0.2, 0.25) is 5.95 Å². The number of carbonyl (C=O) groups is 1. The number of rotatable bonds is 3. The molecule has 0 N–H and O–H groups in total. The minimum atomic E-state index is -0.331. The zero-order valence-electron chi connectivity index (χ0n) is 17.8. The first-order chi connectivity index (χ1) is 14.9. The molecule has 2 unspecified atom stereocenters. The van der Waals surface area contributed by atoms with Gasteiger partial charge in [0.05, 0.1) is 9.88 Å².